The molecule has 1 amide bonds. The standard InChI is InChI=1S/C22H29NO4/c1-4-6-15-27-19-10-8-7-9-18(19)23-22(24)14-12-17-11-13-20(26-5-2)21(16-17)25-3/h7-11,13,16H,4-6,12,14-15H2,1-3H3,(H,23,24). The minimum Gasteiger partial charge on any atom is -0.493 e. The molecule has 2 rings (SSSR count). The maximum atomic E-state index is 12.4. The van der Waals surface area contributed by atoms with E-state index in [2.05, 4.69) is 12.2 Å². The first kappa shape index (κ1) is 20.6. The molecule has 0 saturated heterocycles. The van der Waals surface area contributed by atoms with Crippen molar-refractivity contribution in [1.82, 2.24) is 0 Å². The summed E-state index contributed by atoms with van der Waals surface area (Å²) in [4.78, 5) is 12.4. The first-order chi connectivity index (χ1) is 13.2. The van der Waals surface area contributed by atoms with Crippen molar-refractivity contribution < 1.29 is 19.0 Å². The van der Waals surface area contributed by atoms with E-state index in [4.69, 9.17) is 14.2 Å². The summed E-state index contributed by atoms with van der Waals surface area (Å²) in [6.07, 6.45) is 3.05. The molecule has 1 N–H and O–H groups in total. The Morgan fingerprint density at radius 1 is 1.00 bits per heavy atom. The minimum absolute atomic E-state index is 0.0469. The number of carbonyl (C=O) groups excluding carboxylic acids is 1. The number of para-hydroxylation sites is 2. The van der Waals surface area contributed by atoms with Crippen molar-refractivity contribution in [2.45, 2.75) is 39.5 Å². The van der Waals surface area contributed by atoms with Crippen LogP contribution >= 0.6 is 0 Å². The van der Waals surface area contributed by atoms with Crippen LogP contribution < -0.4 is 19.5 Å². The third-order valence-electron chi connectivity index (χ3n) is 4.09. The van der Waals surface area contributed by atoms with Crippen LogP contribution in [0.25, 0.3) is 0 Å². The highest BCUT2D eigenvalue weighted by atomic mass is 16.5. The summed E-state index contributed by atoms with van der Waals surface area (Å²) >= 11 is 0. The molecule has 5 heteroatoms. The molecule has 0 aliphatic carbocycles. The fourth-order valence-corrected chi connectivity index (χ4v) is 2.64. The van der Waals surface area contributed by atoms with Crippen LogP contribution in [-0.4, -0.2) is 26.2 Å². The van der Waals surface area contributed by atoms with E-state index in [0.717, 1.165) is 18.4 Å². The summed E-state index contributed by atoms with van der Waals surface area (Å²) in [5.74, 6) is 2.06. The molecule has 0 bridgehead atoms. The average Bonchev–Trinajstić information content (AvgIpc) is 2.69. The second-order valence-corrected chi connectivity index (χ2v) is 6.16. The Kier molecular flexibility index (Phi) is 8.49. The van der Waals surface area contributed by atoms with Crippen LogP contribution in [0, 0.1) is 0 Å². The quantitative estimate of drug-likeness (QED) is 0.574. The lowest BCUT2D eigenvalue weighted by molar-refractivity contribution is -0.116. The number of rotatable bonds is 11. The number of carbonyl (C=O) groups is 1. The number of unbranched alkanes of at least 4 members (excludes halogenated alkanes) is 1. The average molecular weight is 371 g/mol. The smallest absolute Gasteiger partial charge is 0.224 e. The first-order valence-corrected chi connectivity index (χ1v) is 9.49. The number of aryl methyl sites for hydroxylation is 1. The molecular weight excluding hydrogens is 342 g/mol. The normalized spacial score (nSPS) is 10.3. The van der Waals surface area contributed by atoms with Gasteiger partial charge in [-0.2, -0.15) is 0 Å². The van der Waals surface area contributed by atoms with Gasteiger partial charge in [0.2, 0.25) is 5.91 Å². The molecule has 0 spiro atoms. The van der Waals surface area contributed by atoms with Crippen molar-refractivity contribution in [2.24, 2.45) is 0 Å². The van der Waals surface area contributed by atoms with Gasteiger partial charge in [0.05, 0.1) is 26.0 Å². The summed E-state index contributed by atoms with van der Waals surface area (Å²) in [6, 6.07) is 13.3. The van der Waals surface area contributed by atoms with E-state index in [1.807, 2.05) is 49.4 Å². The van der Waals surface area contributed by atoms with Crippen molar-refractivity contribution in [3.8, 4) is 17.2 Å². The maximum absolute atomic E-state index is 12.4. The number of hydrogen-bond acceptors (Lipinski definition) is 4. The minimum atomic E-state index is -0.0469. The van der Waals surface area contributed by atoms with Gasteiger partial charge in [0.15, 0.2) is 11.5 Å². The van der Waals surface area contributed by atoms with Gasteiger partial charge in [-0.1, -0.05) is 31.5 Å². The van der Waals surface area contributed by atoms with Crippen LogP contribution in [0.4, 0.5) is 5.69 Å². The van der Waals surface area contributed by atoms with Gasteiger partial charge < -0.3 is 19.5 Å². The highest BCUT2D eigenvalue weighted by molar-refractivity contribution is 5.92. The van der Waals surface area contributed by atoms with Gasteiger partial charge in [0.25, 0.3) is 0 Å². The number of methoxy groups -OCH3 is 1. The molecular formula is C22H29NO4. The Hall–Kier alpha value is -2.69. The molecule has 0 heterocycles. The lowest BCUT2D eigenvalue weighted by Gasteiger charge is -2.13. The van der Waals surface area contributed by atoms with E-state index in [0.29, 0.717) is 49.0 Å². The van der Waals surface area contributed by atoms with Gasteiger partial charge in [-0.3, -0.25) is 4.79 Å². The third kappa shape index (κ3) is 6.51. The van der Waals surface area contributed by atoms with Gasteiger partial charge in [0, 0.05) is 6.42 Å². The molecule has 0 saturated carbocycles. The van der Waals surface area contributed by atoms with Gasteiger partial charge in [0.1, 0.15) is 5.75 Å². The van der Waals surface area contributed by atoms with E-state index in [9.17, 15) is 4.79 Å². The van der Waals surface area contributed by atoms with Crippen molar-refractivity contribution in [1.29, 1.82) is 0 Å². The second kappa shape index (κ2) is 11.1. The molecule has 5 nitrogen and oxygen atoms in total. The molecule has 146 valence electrons. The van der Waals surface area contributed by atoms with Crippen LogP contribution in [0.5, 0.6) is 17.2 Å². The largest absolute Gasteiger partial charge is 0.493 e. The SMILES string of the molecule is CCCCOc1ccccc1NC(=O)CCc1ccc(OCC)c(OC)c1. The Morgan fingerprint density at radius 3 is 2.56 bits per heavy atom. The predicted octanol–water partition coefficient (Wildman–Crippen LogP) is 4.84. The molecule has 0 fully saturated rings. The number of amides is 1. The van der Waals surface area contributed by atoms with Crippen LogP contribution in [0.15, 0.2) is 42.5 Å². The van der Waals surface area contributed by atoms with Crippen molar-refractivity contribution >= 4 is 11.6 Å². The fraction of sp³-hybridized carbons (Fsp3) is 0.409. The molecule has 27 heavy (non-hydrogen) atoms. The second-order valence-electron chi connectivity index (χ2n) is 6.16. The molecule has 2 aromatic rings. The summed E-state index contributed by atoms with van der Waals surface area (Å²) in [7, 11) is 1.61. The van der Waals surface area contributed by atoms with Gasteiger partial charge in [-0.15, -0.1) is 0 Å². The highest BCUT2D eigenvalue weighted by Gasteiger charge is 2.10. The zero-order valence-corrected chi connectivity index (χ0v) is 16.4. The first-order valence-electron chi connectivity index (χ1n) is 9.49. The number of hydrogen-bond donors (Lipinski definition) is 1. The summed E-state index contributed by atoms with van der Waals surface area (Å²) in [5, 5.41) is 2.95. The van der Waals surface area contributed by atoms with E-state index < -0.39 is 0 Å². The summed E-state index contributed by atoms with van der Waals surface area (Å²) in [6.45, 7) is 5.28. The van der Waals surface area contributed by atoms with Crippen LogP contribution in [0.2, 0.25) is 0 Å². The molecule has 0 aliphatic rings. The Balaban J connectivity index is 1.93. The number of anilines is 1. The summed E-state index contributed by atoms with van der Waals surface area (Å²) in [5.41, 5.74) is 1.74. The van der Waals surface area contributed by atoms with Gasteiger partial charge in [-0.05, 0) is 49.6 Å². The molecule has 0 aromatic heterocycles. The number of nitrogens with one attached hydrogen (secondary N) is 1. The van der Waals surface area contributed by atoms with Crippen LogP contribution in [-0.2, 0) is 11.2 Å². The Morgan fingerprint density at radius 2 is 1.81 bits per heavy atom. The molecule has 2 aromatic carbocycles. The summed E-state index contributed by atoms with van der Waals surface area (Å²) < 4.78 is 16.6. The molecule has 0 unspecified atom stereocenters. The van der Waals surface area contributed by atoms with E-state index >= 15 is 0 Å². The third-order valence-corrected chi connectivity index (χ3v) is 4.09. The lowest BCUT2D eigenvalue weighted by atomic mass is 10.1. The maximum Gasteiger partial charge on any atom is 0.224 e. The van der Waals surface area contributed by atoms with Gasteiger partial charge in [-0.25, -0.2) is 0 Å². The van der Waals surface area contributed by atoms with Gasteiger partial charge >= 0.3 is 0 Å². The molecule has 0 aliphatic heterocycles. The Bertz CT molecular complexity index is 730. The highest BCUT2D eigenvalue weighted by Crippen LogP contribution is 2.29. The van der Waals surface area contributed by atoms with Crippen molar-refractivity contribution in [3.63, 3.8) is 0 Å². The molecule has 0 atom stereocenters. The van der Waals surface area contributed by atoms with Crippen LogP contribution in [0.3, 0.4) is 0 Å². The zero-order valence-electron chi connectivity index (χ0n) is 16.4. The topological polar surface area (TPSA) is 56.8 Å². The predicted molar refractivity (Wildman–Crippen MR) is 108 cm³/mol. The lowest BCUT2D eigenvalue weighted by Crippen LogP contribution is -2.13. The zero-order chi connectivity index (χ0) is 19.5. The Labute approximate surface area is 161 Å². The monoisotopic (exact) mass is 371 g/mol. The molecule has 0 radical (unpaired) electrons. The van der Waals surface area contributed by atoms with E-state index in [-0.39, 0.29) is 5.91 Å². The van der Waals surface area contributed by atoms with E-state index in [1.54, 1.807) is 7.11 Å². The number of ether oxygens (including phenoxy) is 3. The fourth-order valence-electron chi connectivity index (χ4n) is 2.64. The van der Waals surface area contributed by atoms with E-state index in [1.165, 1.54) is 0 Å². The van der Waals surface area contributed by atoms with Crippen molar-refractivity contribution in [2.75, 3.05) is 25.6 Å². The number of benzene rings is 2. The van der Waals surface area contributed by atoms with Crippen molar-refractivity contribution in [3.05, 3.63) is 48.0 Å². The van der Waals surface area contributed by atoms with Crippen LogP contribution in [0.1, 0.15) is 38.7 Å².